The summed E-state index contributed by atoms with van der Waals surface area (Å²) in [6.45, 7) is 2.10. The maximum absolute atomic E-state index is 13.0. The van der Waals surface area contributed by atoms with Crippen molar-refractivity contribution in [3.63, 3.8) is 0 Å². The highest BCUT2D eigenvalue weighted by molar-refractivity contribution is 5.97. The fourth-order valence-corrected chi connectivity index (χ4v) is 1.90. The zero-order valence-electron chi connectivity index (χ0n) is 12.6. The third-order valence-electron chi connectivity index (χ3n) is 2.91. The Morgan fingerprint density at radius 2 is 1.91 bits per heavy atom. The van der Waals surface area contributed by atoms with Gasteiger partial charge in [-0.05, 0) is 37.3 Å². The number of nitrogens with one attached hydrogen (secondary N) is 2. The summed E-state index contributed by atoms with van der Waals surface area (Å²) in [7, 11) is 0. The monoisotopic (exact) mass is 316 g/mol. The van der Waals surface area contributed by atoms with E-state index in [1.807, 2.05) is 6.92 Å². The topological polar surface area (TPSA) is 67.4 Å². The van der Waals surface area contributed by atoms with Crippen molar-refractivity contribution in [2.75, 3.05) is 18.5 Å². The first-order chi connectivity index (χ1) is 11.1. The van der Waals surface area contributed by atoms with E-state index in [1.165, 1.54) is 18.2 Å². The number of halogens is 1. The van der Waals surface area contributed by atoms with Gasteiger partial charge >= 0.3 is 0 Å². The third kappa shape index (κ3) is 5.10. The minimum absolute atomic E-state index is 0.209. The molecule has 0 fully saturated rings. The lowest BCUT2D eigenvalue weighted by atomic mass is 10.2. The van der Waals surface area contributed by atoms with E-state index in [0.717, 1.165) is 0 Å². The normalized spacial score (nSPS) is 10.0. The molecule has 0 spiro atoms. The van der Waals surface area contributed by atoms with Crippen LogP contribution in [0.2, 0.25) is 0 Å². The number of hydrogen-bond acceptors (Lipinski definition) is 3. The van der Waals surface area contributed by atoms with Gasteiger partial charge in [0.2, 0.25) is 0 Å². The number of amides is 2. The number of carbonyl (C=O) groups excluding carboxylic acids is 2. The third-order valence-corrected chi connectivity index (χ3v) is 2.91. The summed E-state index contributed by atoms with van der Waals surface area (Å²) in [5.41, 5.74) is 0.942. The molecular weight excluding hydrogens is 299 g/mol. The summed E-state index contributed by atoms with van der Waals surface area (Å²) in [6.07, 6.45) is 0. The molecule has 0 aliphatic carbocycles. The standard InChI is InChI=1S/C17H17FN2O3/c1-2-19-17(22)12-5-3-7-14(9-12)20-16(21)11-23-15-8-4-6-13(18)10-15/h3-10H,2,11H2,1H3,(H,19,22)(H,20,21). The molecule has 0 aliphatic rings. The second kappa shape index (κ2) is 7.93. The number of carbonyl (C=O) groups is 2. The van der Waals surface area contributed by atoms with Crippen molar-refractivity contribution in [2.45, 2.75) is 6.92 Å². The van der Waals surface area contributed by atoms with Gasteiger partial charge in [-0.25, -0.2) is 4.39 Å². The van der Waals surface area contributed by atoms with Gasteiger partial charge in [0, 0.05) is 23.9 Å². The van der Waals surface area contributed by atoms with Crippen LogP contribution in [-0.4, -0.2) is 25.0 Å². The van der Waals surface area contributed by atoms with Crippen LogP contribution in [0.25, 0.3) is 0 Å². The number of rotatable bonds is 6. The fraction of sp³-hybridized carbons (Fsp3) is 0.176. The molecule has 0 aromatic heterocycles. The summed E-state index contributed by atoms with van der Waals surface area (Å²) >= 11 is 0. The molecule has 0 atom stereocenters. The lowest BCUT2D eigenvalue weighted by Crippen LogP contribution is -2.23. The van der Waals surface area contributed by atoms with Crippen molar-refractivity contribution in [3.8, 4) is 5.75 Å². The van der Waals surface area contributed by atoms with Gasteiger partial charge in [0.25, 0.3) is 11.8 Å². The zero-order chi connectivity index (χ0) is 16.7. The summed E-state index contributed by atoms with van der Waals surface area (Å²) in [4.78, 5) is 23.6. The van der Waals surface area contributed by atoms with Crippen LogP contribution in [0.5, 0.6) is 5.75 Å². The van der Waals surface area contributed by atoms with Crippen molar-refractivity contribution in [1.82, 2.24) is 5.32 Å². The van der Waals surface area contributed by atoms with E-state index in [2.05, 4.69) is 10.6 Å². The quantitative estimate of drug-likeness (QED) is 0.861. The van der Waals surface area contributed by atoms with Crippen LogP contribution < -0.4 is 15.4 Å². The molecule has 0 aliphatic heterocycles. The van der Waals surface area contributed by atoms with Gasteiger partial charge < -0.3 is 15.4 Å². The molecule has 2 N–H and O–H groups in total. The number of hydrogen-bond donors (Lipinski definition) is 2. The molecule has 2 aromatic rings. The van der Waals surface area contributed by atoms with Gasteiger partial charge in [0.1, 0.15) is 11.6 Å². The van der Waals surface area contributed by atoms with Crippen molar-refractivity contribution < 1.29 is 18.7 Å². The highest BCUT2D eigenvalue weighted by Gasteiger charge is 2.08. The van der Waals surface area contributed by atoms with Gasteiger partial charge in [-0.15, -0.1) is 0 Å². The highest BCUT2D eigenvalue weighted by atomic mass is 19.1. The lowest BCUT2D eigenvalue weighted by Gasteiger charge is -2.09. The molecule has 2 aromatic carbocycles. The Hall–Kier alpha value is -2.89. The molecule has 120 valence electrons. The minimum atomic E-state index is -0.433. The Labute approximate surface area is 133 Å². The first kappa shape index (κ1) is 16.5. The van der Waals surface area contributed by atoms with Crippen molar-refractivity contribution >= 4 is 17.5 Å². The molecule has 5 nitrogen and oxygen atoms in total. The lowest BCUT2D eigenvalue weighted by molar-refractivity contribution is -0.118. The Morgan fingerprint density at radius 1 is 1.13 bits per heavy atom. The maximum Gasteiger partial charge on any atom is 0.262 e. The molecule has 2 rings (SSSR count). The van der Waals surface area contributed by atoms with Crippen LogP contribution in [0.15, 0.2) is 48.5 Å². The van der Waals surface area contributed by atoms with Gasteiger partial charge in [-0.3, -0.25) is 9.59 Å². The second-order valence-electron chi connectivity index (χ2n) is 4.73. The zero-order valence-corrected chi connectivity index (χ0v) is 12.6. The molecular formula is C17H17FN2O3. The van der Waals surface area contributed by atoms with Crippen molar-refractivity contribution in [1.29, 1.82) is 0 Å². The molecule has 23 heavy (non-hydrogen) atoms. The predicted molar refractivity (Wildman–Crippen MR) is 85.0 cm³/mol. The minimum Gasteiger partial charge on any atom is -0.484 e. The first-order valence-corrected chi connectivity index (χ1v) is 7.15. The molecule has 0 bridgehead atoms. The SMILES string of the molecule is CCNC(=O)c1cccc(NC(=O)COc2cccc(F)c2)c1. The van der Waals surface area contributed by atoms with Gasteiger partial charge in [0.15, 0.2) is 6.61 Å². The van der Waals surface area contributed by atoms with Crippen LogP contribution in [0.3, 0.4) is 0 Å². The van der Waals surface area contributed by atoms with E-state index in [1.54, 1.807) is 30.3 Å². The van der Waals surface area contributed by atoms with E-state index in [-0.39, 0.29) is 18.3 Å². The van der Waals surface area contributed by atoms with Crippen LogP contribution in [0, 0.1) is 5.82 Å². The molecule has 0 heterocycles. The molecule has 0 radical (unpaired) electrons. The molecule has 0 saturated heterocycles. The Bertz CT molecular complexity index is 704. The van der Waals surface area contributed by atoms with Crippen LogP contribution in [0.4, 0.5) is 10.1 Å². The average Bonchev–Trinajstić information content (AvgIpc) is 2.53. The van der Waals surface area contributed by atoms with Crippen LogP contribution in [-0.2, 0) is 4.79 Å². The summed E-state index contributed by atoms with van der Waals surface area (Å²) in [5.74, 6) is -0.768. The molecule has 0 unspecified atom stereocenters. The molecule has 6 heteroatoms. The summed E-state index contributed by atoms with van der Waals surface area (Å²) in [6, 6.07) is 12.1. The average molecular weight is 316 g/mol. The van der Waals surface area contributed by atoms with Gasteiger partial charge in [0.05, 0.1) is 0 Å². The van der Waals surface area contributed by atoms with Gasteiger partial charge in [-0.2, -0.15) is 0 Å². The predicted octanol–water partition coefficient (Wildman–Crippen LogP) is 2.59. The fourth-order valence-electron chi connectivity index (χ4n) is 1.90. The van der Waals surface area contributed by atoms with Crippen molar-refractivity contribution in [2.24, 2.45) is 0 Å². The van der Waals surface area contributed by atoms with E-state index in [0.29, 0.717) is 17.8 Å². The van der Waals surface area contributed by atoms with E-state index in [9.17, 15) is 14.0 Å². The Kier molecular flexibility index (Phi) is 5.68. The van der Waals surface area contributed by atoms with Crippen LogP contribution >= 0.6 is 0 Å². The first-order valence-electron chi connectivity index (χ1n) is 7.15. The smallest absolute Gasteiger partial charge is 0.262 e. The van der Waals surface area contributed by atoms with E-state index < -0.39 is 11.7 Å². The Morgan fingerprint density at radius 3 is 2.65 bits per heavy atom. The van der Waals surface area contributed by atoms with Crippen molar-refractivity contribution in [3.05, 3.63) is 59.9 Å². The largest absolute Gasteiger partial charge is 0.484 e. The van der Waals surface area contributed by atoms with Crippen LogP contribution in [0.1, 0.15) is 17.3 Å². The molecule has 0 saturated carbocycles. The molecule has 2 amide bonds. The van der Waals surface area contributed by atoms with E-state index >= 15 is 0 Å². The number of ether oxygens (including phenoxy) is 1. The summed E-state index contributed by atoms with van der Waals surface area (Å²) < 4.78 is 18.2. The number of anilines is 1. The second-order valence-corrected chi connectivity index (χ2v) is 4.73. The number of benzene rings is 2. The van der Waals surface area contributed by atoms with E-state index in [4.69, 9.17) is 4.74 Å². The van der Waals surface area contributed by atoms with Gasteiger partial charge in [-0.1, -0.05) is 12.1 Å². The Balaban J connectivity index is 1.92. The summed E-state index contributed by atoms with van der Waals surface area (Å²) in [5, 5.41) is 5.31. The maximum atomic E-state index is 13.0. The highest BCUT2D eigenvalue weighted by Crippen LogP contribution is 2.13.